The summed E-state index contributed by atoms with van der Waals surface area (Å²) in [5.74, 6) is -2.77. The average Bonchev–Trinajstić information content (AvgIpc) is 3.13. The lowest BCUT2D eigenvalue weighted by Crippen LogP contribution is -2.61. The molecule has 1 fully saturated rings. The van der Waals surface area contributed by atoms with Crippen LogP contribution in [0.3, 0.4) is 0 Å². The molecule has 6 rings (SSSR count). The molecule has 6 N–H and O–H groups in total. The molecular formula is C39H34O14. The smallest absolute Gasteiger partial charge is 0.331 e. The molecule has 6 unspecified atom stereocenters. The highest BCUT2D eigenvalue weighted by atomic mass is 16.7. The fraction of sp³-hybridized carbons (Fsp3) is 0.205. The van der Waals surface area contributed by atoms with Gasteiger partial charge < -0.3 is 54.3 Å². The van der Waals surface area contributed by atoms with Crippen LogP contribution in [-0.2, 0) is 23.8 Å². The Balaban J connectivity index is 1.21. The summed E-state index contributed by atoms with van der Waals surface area (Å²) in [6, 6.07) is 20.4. The minimum absolute atomic E-state index is 0.0226. The van der Waals surface area contributed by atoms with Crippen molar-refractivity contribution >= 4 is 29.9 Å². The van der Waals surface area contributed by atoms with Crippen LogP contribution in [0.25, 0.3) is 12.2 Å². The average molecular weight is 727 g/mol. The van der Waals surface area contributed by atoms with Crippen LogP contribution >= 0.6 is 0 Å². The quantitative estimate of drug-likeness (QED) is 0.101. The van der Waals surface area contributed by atoms with E-state index >= 15 is 0 Å². The Morgan fingerprint density at radius 2 is 1.32 bits per heavy atom. The second-order valence-electron chi connectivity index (χ2n) is 12.2. The number of carbonyl (C=O) groups excluding carboxylic acids is 3. The summed E-state index contributed by atoms with van der Waals surface area (Å²) in [5, 5.41) is 61.9. The molecule has 4 aromatic rings. The van der Waals surface area contributed by atoms with Crippen LogP contribution in [0.5, 0.6) is 34.5 Å². The molecule has 0 amide bonds. The lowest BCUT2D eigenvalue weighted by molar-refractivity contribution is -0.281. The van der Waals surface area contributed by atoms with Gasteiger partial charge in [-0.05, 0) is 65.2 Å². The maximum atomic E-state index is 13.0. The Kier molecular flexibility index (Phi) is 10.9. The Morgan fingerprint density at radius 1 is 0.755 bits per heavy atom. The molecule has 0 saturated carbocycles. The highest BCUT2D eigenvalue weighted by Gasteiger charge is 2.48. The number of hydrogen-bond donors (Lipinski definition) is 6. The number of hydrogen-bond acceptors (Lipinski definition) is 14. The van der Waals surface area contributed by atoms with Crippen LogP contribution in [0.1, 0.15) is 39.6 Å². The highest BCUT2D eigenvalue weighted by Crippen LogP contribution is 2.43. The van der Waals surface area contributed by atoms with Crippen molar-refractivity contribution in [1.29, 1.82) is 0 Å². The van der Waals surface area contributed by atoms with Gasteiger partial charge in [0.05, 0.1) is 6.42 Å². The van der Waals surface area contributed by atoms with Gasteiger partial charge in [-0.15, -0.1) is 0 Å². The van der Waals surface area contributed by atoms with Gasteiger partial charge in [-0.2, -0.15) is 0 Å². The maximum absolute atomic E-state index is 13.0. The first kappa shape index (κ1) is 36.4. The van der Waals surface area contributed by atoms with Crippen LogP contribution in [0.15, 0.2) is 97.1 Å². The molecule has 0 bridgehead atoms. The number of Topliss-reactive ketones (excluding diaryl/α,β-unsaturated/α-hetero) is 1. The van der Waals surface area contributed by atoms with Gasteiger partial charge in [-0.1, -0.05) is 36.4 Å². The van der Waals surface area contributed by atoms with E-state index in [0.29, 0.717) is 16.7 Å². The van der Waals surface area contributed by atoms with Gasteiger partial charge in [0.2, 0.25) is 6.29 Å². The first-order valence-corrected chi connectivity index (χ1v) is 16.3. The summed E-state index contributed by atoms with van der Waals surface area (Å²) in [4.78, 5) is 38.4. The molecule has 4 aromatic carbocycles. The zero-order chi connectivity index (χ0) is 37.6. The van der Waals surface area contributed by atoms with Crippen LogP contribution in [-0.4, -0.2) is 85.7 Å². The molecule has 6 atom stereocenters. The van der Waals surface area contributed by atoms with E-state index < -0.39 is 66.9 Å². The number of aromatic hydroxyl groups is 4. The van der Waals surface area contributed by atoms with E-state index in [1.165, 1.54) is 54.6 Å². The number of aliphatic hydroxyl groups is 2. The Bertz CT molecular complexity index is 2000. The molecule has 0 radical (unpaired) electrons. The third-order valence-electron chi connectivity index (χ3n) is 8.38. The molecule has 14 nitrogen and oxygen atoms in total. The minimum atomic E-state index is -1.83. The molecule has 0 aromatic heterocycles. The predicted molar refractivity (Wildman–Crippen MR) is 185 cm³/mol. The van der Waals surface area contributed by atoms with Gasteiger partial charge in [-0.3, -0.25) is 4.79 Å². The zero-order valence-corrected chi connectivity index (χ0v) is 27.7. The lowest BCUT2D eigenvalue weighted by Gasteiger charge is -2.41. The fourth-order valence-corrected chi connectivity index (χ4v) is 5.65. The number of ether oxygens (including phenoxy) is 5. The predicted octanol–water partition coefficient (Wildman–Crippen LogP) is 3.92. The number of rotatable bonds is 10. The number of benzene rings is 4. The molecule has 0 aliphatic carbocycles. The van der Waals surface area contributed by atoms with Crippen molar-refractivity contribution < 1.29 is 68.7 Å². The van der Waals surface area contributed by atoms with Crippen molar-refractivity contribution in [2.45, 2.75) is 43.2 Å². The second-order valence-corrected chi connectivity index (χ2v) is 12.2. The molecule has 14 heteroatoms. The standard InChI is InChI=1S/C39H34O14/c40-24-9-1-21(2-10-24)5-15-33(45)49-20-32-36(47)38(53-34(46)16-6-22-3-11-25(41)12-4-22)37(48)39(52-32)50-27-17-28(43)35-29(44)19-30(51-31(35)18-27)23-7-13-26(42)14-8-23/h1-18,30,32,36-43,47-48H,19-20H2. The molecule has 274 valence electrons. The van der Waals surface area contributed by atoms with Gasteiger partial charge in [0.25, 0.3) is 0 Å². The van der Waals surface area contributed by atoms with E-state index in [0.717, 1.165) is 18.2 Å². The van der Waals surface area contributed by atoms with E-state index in [4.69, 9.17) is 23.7 Å². The van der Waals surface area contributed by atoms with Crippen molar-refractivity contribution in [3.05, 3.63) is 119 Å². The Morgan fingerprint density at radius 3 is 1.92 bits per heavy atom. The normalized spacial score (nSPS) is 22.6. The molecule has 1 saturated heterocycles. The summed E-state index contributed by atoms with van der Waals surface area (Å²) in [6.07, 6.45) is -4.20. The number of phenols is 4. The lowest BCUT2D eigenvalue weighted by atomic mass is 9.95. The minimum Gasteiger partial charge on any atom is -0.508 e. The van der Waals surface area contributed by atoms with Crippen LogP contribution < -0.4 is 9.47 Å². The topological polar surface area (TPSA) is 219 Å². The maximum Gasteiger partial charge on any atom is 0.331 e. The third-order valence-corrected chi connectivity index (χ3v) is 8.38. The number of ketones is 1. The summed E-state index contributed by atoms with van der Waals surface area (Å²) in [6.45, 7) is -0.578. The van der Waals surface area contributed by atoms with E-state index in [1.807, 2.05) is 0 Å². The van der Waals surface area contributed by atoms with Crippen LogP contribution in [0.2, 0.25) is 0 Å². The number of fused-ring (bicyclic) bond motifs is 1. The molecule has 2 aliphatic heterocycles. The van der Waals surface area contributed by atoms with Crippen LogP contribution in [0.4, 0.5) is 0 Å². The van der Waals surface area contributed by atoms with Crippen molar-refractivity contribution in [3.8, 4) is 34.5 Å². The van der Waals surface area contributed by atoms with Gasteiger partial charge in [0, 0.05) is 24.3 Å². The van der Waals surface area contributed by atoms with Crippen molar-refractivity contribution in [3.63, 3.8) is 0 Å². The van der Waals surface area contributed by atoms with Crippen LogP contribution in [0, 0.1) is 0 Å². The summed E-state index contributed by atoms with van der Waals surface area (Å²) >= 11 is 0. The number of aliphatic hydroxyl groups excluding tert-OH is 2. The number of phenolic OH excluding ortho intramolecular Hbond substituents is 4. The van der Waals surface area contributed by atoms with Gasteiger partial charge in [0.15, 0.2) is 18.0 Å². The molecule has 0 spiro atoms. The highest BCUT2D eigenvalue weighted by molar-refractivity contribution is 6.02. The van der Waals surface area contributed by atoms with Crippen molar-refractivity contribution in [1.82, 2.24) is 0 Å². The number of esters is 2. The second kappa shape index (κ2) is 15.9. The Hall–Kier alpha value is -6.35. The van der Waals surface area contributed by atoms with E-state index in [1.54, 1.807) is 36.4 Å². The summed E-state index contributed by atoms with van der Waals surface area (Å²) in [7, 11) is 0. The van der Waals surface area contributed by atoms with Crippen molar-refractivity contribution in [2.75, 3.05) is 6.61 Å². The first-order chi connectivity index (χ1) is 25.4. The summed E-state index contributed by atoms with van der Waals surface area (Å²) < 4.78 is 28.4. The summed E-state index contributed by atoms with van der Waals surface area (Å²) in [5.41, 5.74) is 1.63. The first-order valence-electron chi connectivity index (χ1n) is 16.3. The molecule has 2 heterocycles. The van der Waals surface area contributed by atoms with Gasteiger partial charge >= 0.3 is 11.9 Å². The third kappa shape index (κ3) is 8.94. The number of carbonyl (C=O) groups is 3. The molecule has 2 aliphatic rings. The molecule has 53 heavy (non-hydrogen) atoms. The van der Waals surface area contributed by atoms with E-state index in [9.17, 15) is 45.0 Å². The SMILES string of the molecule is O=C(C=Cc1ccc(O)cc1)OCC1OC(Oc2cc(O)c3c(c2)OC(c2ccc(O)cc2)CC3=O)C(O)C(OC(=O)C=Cc2ccc(O)cc2)C1O. The van der Waals surface area contributed by atoms with Gasteiger partial charge in [-0.25, -0.2) is 9.59 Å². The molecular weight excluding hydrogens is 692 g/mol. The zero-order valence-electron chi connectivity index (χ0n) is 27.7. The Labute approximate surface area is 302 Å². The van der Waals surface area contributed by atoms with E-state index in [2.05, 4.69) is 0 Å². The monoisotopic (exact) mass is 726 g/mol. The van der Waals surface area contributed by atoms with Gasteiger partial charge in [0.1, 0.15) is 65.0 Å². The van der Waals surface area contributed by atoms with Crippen molar-refractivity contribution in [2.24, 2.45) is 0 Å². The fourth-order valence-electron chi connectivity index (χ4n) is 5.65. The van der Waals surface area contributed by atoms with E-state index in [-0.39, 0.29) is 40.7 Å². The largest absolute Gasteiger partial charge is 0.508 e.